The Morgan fingerprint density at radius 2 is 2.33 bits per heavy atom. The van der Waals surface area contributed by atoms with Gasteiger partial charge in [-0.25, -0.2) is 0 Å². The van der Waals surface area contributed by atoms with Gasteiger partial charge < -0.3 is 15.0 Å². The largest absolute Gasteiger partial charge is 0.383 e. The maximum atomic E-state index is 10.5. The highest BCUT2D eigenvalue weighted by Crippen LogP contribution is 2.22. The first kappa shape index (κ1) is 15.0. The van der Waals surface area contributed by atoms with E-state index in [1.807, 2.05) is 12.4 Å². The fourth-order valence-electron chi connectivity index (χ4n) is 1.41. The first-order valence-electron chi connectivity index (χ1n) is 5.73. The van der Waals surface area contributed by atoms with Crippen molar-refractivity contribution in [1.82, 2.24) is 10.2 Å². The Labute approximate surface area is 111 Å². The van der Waals surface area contributed by atoms with Gasteiger partial charge in [-0.15, -0.1) is 0 Å². The third-order valence-corrected chi connectivity index (χ3v) is 3.43. The van der Waals surface area contributed by atoms with Gasteiger partial charge in [-0.1, -0.05) is 11.3 Å². The third kappa shape index (κ3) is 5.54. The molecular weight excluding hydrogens is 254 g/mol. The molecule has 0 radical (unpaired) electrons. The molecule has 0 unspecified atom stereocenters. The van der Waals surface area contributed by atoms with E-state index < -0.39 is 0 Å². The molecule has 0 aromatic carbocycles. The zero-order chi connectivity index (χ0) is 13.4. The van der Waals surface area contributed by atoms with E-state index in [-0.39, 0.29) is 9.92 Å². The third-order valence-electron chi connectivity index (χ3n) is 2.50. The molecule has 1 heterocycles. The van der Waals surface area contributed by atoms with E-state index in [1.165, 1.54) is 11.3 Å². The molecule has 0 fully saturated rings. The summed E-state index contributed by atoms with van der Waals surface area (Å²) in [5.41, 5.74) is 0.964. The van der Waals surface area contributed by atoms with E-state index in [9.17, 15) is 10.1 Å². The van der Waals surface area contributed by atoms with Crippen LogP contribution in [0.25, 0.3) is 0 Å². The standard InChI is InChI=1S/C11H19N3O3S/c1-13(5-6-17-2)4-3-12-8-10-7-11(14(15)16)18-9-10/h7,9,12H,3-6,8H2,1-2H3. The van der Waals surface area contributed by atoms with E-state index in [0.717, 1.165) is 31.8 Å². The average Bonchev–Trinajstić information content (AvgIpc) is 2.81. The van der Waals surface area contributed by atoms with Crippen molar-refractivity contribution in [3.8, 4) is 0 Å². The molecule has 0 amide bonds. The van der Waals surface area contributed by atoms with Gasteiger partial charge >= 0.3 is 5.00 Å². The fraction of sp³-hybridized carbons (Fsp3) is 0.636. The highest BCUT2D eigenvalue weighted by Gasteiger charge is 2.08. The lowest BCUT2D eigenvalue weighted by Gasteiger charge is -2.15. The second kappa shape index (κ2) is 8.15. The van der Waals surface area contributed by atoms with Gasteiger partial charge in [0.25, 0.3) is 0 Å². The van der Waals surface area contributed by atoms with Crippen molar-refractivity contribution in [2.75, 3.05) is 40.4 Å². The van der Waals surface area contributed by atoms with Crippen molar-refractivity contribution in [3.05, 3.63) is 27.1 Å². The number of likely N-dealkylation sites (N-methyl/N-ethyl adjacent to an activating group) is 1. The molecule has 0 aliphatic rings. The molecule has 0 saturated carbocycles. The molecule has 1 aromatic heterocycles. The highest BCUT2D eigenvalue weighted by molar-refractivity contribution is 7.13. The Hall–Kier alpha value is -1.02. The number of thiophene rings is 1. The van der Waals surface area contributed by atoms with Crippen LogP contribution in [0.15, 0.2) is 11.4 Å². The zero-order valence-corrected chi connectivity index (χ0v) is 11.5. The first-order chi connectivity index (χ1) is 8.63. The summed E-state index contributed by atoms with van der Waals surface area (Å²) < 4.78 is 4.99. The molecule has 0 spiro atoms. The van der Waals surface area contributed by atoms with Gasteiger partial charge in [-0.2, -0.15) is 0 Å². The molecule has 0 saturated heterocycles. The summed E-state index contributed by atoms with van der Waals surface area (Å²) >= 11 is 1.17. The van der Waals surface area contributed by atoms with Crippen molar-refractivity contribution in [2.45, 2.75) is 6.54 Å². The van der Waals surface area contributed by atoms with Crippen LogP contribution in [0.1, 0.15) is 5.56 Å². The van der Waals surface area contributed by atoms with Gasteiger partial charge in [0.2, 0.25) is 0 Å². The van der Waals surface area contributed by atoms with E-state index >= 15 is 0 Å². The van der Waals surface area contributed by atoms with Crippen LogP contribution in [-0.2, 0) is 11.3 Å². The van der Waals surface area contributed by atoms with Crippen LogP contribution in [0.4, 0.5) is 5.00 Å². The topological polar surface area (TPSA) is 67.6 Å². The smallest absolute Gasteiger partial charge is 0.324 e. The SMILES string of the molecule is COCCN(C)CCNCc1csc([N+](=O)[O-])c1. The number of nitro groups is 1. The van der Waals surface area contributed by atoms with Crippen LogP contribution >= 0.6 is 11.3 Å². The number of nitrogens with one attached hydrogen (secondary N) is 1. The van der Waals surface area contributed by atoms with Gasteiger partial charge in [-0.05, 0) is 12.6 Å². The molecule has 6 nitrogen and oxygen atoms in total. The Balaban J connectivity index is 2.15. The van der Waals surface area contributed by atoms with E-state index in [0.29, 0.717) is 6.54 Å². The molecule has 1 N–H and O–H groups in total. The molecule has 7 heteroatoms. The van der Waals surface area contributed by atoms with Crippen molar-refractivity contribution in [3.63, 3.8) is 0 Å². The van der Waals surface area contributed by atoms with Crippen LogP contribution in [0.3, 0.4) is 0 Å². The van der Waals surface area contributed by atoms with Gasteiger partial charge in [0.05, 0.1) is 11.5 Å². The predicted molar refractivity (Wildman–Crippen MR) is 72.1 cm³/mol. The van der Waals surface area contributed by atoms with Crippen molar-refractivity contribution >= 4 is 16.3 Å². The van der Waals surface area contributed by atoms with Gasteiger partial charge in [0.1, 0.15) is 0 Å². The minimum Gasteiger partial charge on any atom is -0.383 e. The second-order valence-corrected chi connectivity index (χ2v) is 4.91. The van der Waals surface area contributed by atoms with Crippen LogP contribution < -0.4 is 5.32 Å². The van der Waals surface area contributed by atoms with Crippen molar-refractivity contribution < 1.29 is 9.66 Å². The van der Waals surface area contributed by atoms with Crippen LogP contribution in [0.2, 0.25) is 0 Å². The molecule has 0 aliphatic carbocycles. The van der Waals surface area contributed by atoms with E-state index in [2.05, 4.69) is 10.2 Å². The maximum absolute atomic E-state index is 10.5. The number of hydrogen-bond donors (Lipinski definition) is 1. The molecular formula is C11H19N3O3S. The Morgan fingerprint density at radius 1 is 1.56 bits per heavy atom. The van der Waals surface area contributed by atoms with Gasteiger partial charge in [0.15, 0.2) is 0 Å². The summed E-state index contributed by atoms with van der Waals surface area (Å²) in [5, 5.41) is 15.8. The molecule has 18 heavy (non-hydrogen) atoms. The summed E-state index contributed by atoms with van der Waals surface area (Å²) in [6.45, 7) is 4.08. The average molecular weight is 273 g/mol. The normalized spacial score (nSPS) is 11.1. The summed E-state index contributed by atoms with van der Waals surface area (Å²) in [6, 6.07) is 1.62. The number of hydrogen-bond acceptors (Lipinski definition) is 6. The number of methoxy groups -OCH3 is 1. The number of rotatable bonds is 9. The molecule has 0 bridgehead atoms. The highest BCUT2D eigenvalue weighted by atomic mass is 32.1. The minimum absolute atomic E-state index is 0.198. The molecule has 0 aliphatic heterocycles. The lowest BCUT2D eigenvalue weighted by molar-refractivity contribution is -0.380. The summed E-state index contributed by atoms with van der Waals surface area (Å²) in [5.74, 6) is 0. The molecule has 1 rings (SSSR count). The van der Waals surface area contributed by atoms with Crippen LogP contribution in [0, 0.1) is 10.1 Å². The molecule has 0 atom stereocenters. The van der Waals surface area contributed by atoms with Crippen LogP contribution in [-0.4, -0.2) is 50.2 Å². The lowest BCUT2D eigenvalue weighted by atomic mass is 10.3. The Bertz CT molecular complexity index is 370. The Morgan fingerprint density at radius 3 is 2.94 bits per heavy atom. The minimum atomic E-state index is -0.354. The first-order valence-corrected chi connectivity index (χ1v) is 6.61. The fourth-order valence-corrected chi connectivity index (χ4v) is 2.14. The predicted octanol–water partition coefficient (Wildman–Crippen LogP) is 1.32. The molecule has 102 valence electrons. The van der Waals surface area contributed by atoms with E-state index in [1.54, 1.807) is 13.2 Å². The van der Waals surface area contributed by atoms with E-state index in [4.69, 9.17) is 4.74 Å². The zero-order valence-electron chi connectivity index (χ0n) is 10.7. The van der Waals surface area contributed by atoms with Gasteiger partial charge in [0, 0.05) is 44.7 Å². The Kier molecular flexibility index (Phi) is 6.81. The number of nitrogens with zero attached hydrogens (tertiary/aromatic N) is 2. The van der Waals surface area contributed by atoms with Crippen molar-refractivity contribution in [2.24, 2.45) is 0 Å². The van der Waals surface area contributed by atoms with Crippen molar-refractivity contribution in [1.29, 1.82) is 0 Å². The molecule has 1 aromatic rings. The number of ether oxygens (including phenoxy) is 1. The van der Waals surface area contributed by atoms with Gasteiger partial charge in [-0.3, -0.25) is 10.1 Å². The maximum Gasteiger partial charge on any atom is 0.324 e. The summed E-state index contributed by atoms with van der Waals surface area (Å²) in [4.78, 5) is 12.3. The summed E-state index contributed by atoms with van der Waals surface area (Å²) in [7, 11) is 3.73. The van der Waals surface area contributed by atoms with Crippen LogP contribution in [0.5, 0.6) is 0 Å². The quantitative estimate of drug-likeness (QED) is 0.417. The monoisotopic (exact) mass is 273 g/mol. The lowest BCUT2D eigenvalue weighted by Crippen LogP contribution is -2.31. The summed E-state index contributed by atoms with van der Waals surface area (Å²) in [6.07, 6.45) is 0. The second-order valence-electron chi connectivity index (χ2n) is 4.02.